The van der Waals surface area contributed by atoms with E-state index in [1.54, 1.807) is 6.07 Å². The summed E-state index contributed by atoms with van der Waals surface area (Å²) >= 11 is 5.80. The fraction of sp³-hybridized carbons (Fsp3) is 0.500. The second-order valence-corrected chi connectivity index (χ2v) is 5.17. The van der Waals surface area contributed by atoms with E-state index in [2.05, 4.69) is 0 Å². The van der Waals surface area contributed by atoms with Crippen molar-refractivity contribution in [3.63, 3.8) is 0 Å². The molecule has 0 aliphatic carbocycles. The molecule has 0 radical (unpaired) electrons. The van der Waals surface area contributed by atoms with Crippen molar-refractivity contribution < 1.29 is 4.39 Å². The summed E-state index contributed by atoms with van der Waals surface area (Å²) in [4.78, 5) is 0. The molecule has 0 bridgehead atoms. The number of hydrogen-bond donors (Lipinski definition) is 1. The highest BCUT2D eigenvalue weighted by molar-refractivity contribution is 6.30. The number of hydrogen-bond acceptors (Lipinski definition) is 1. The average molecular weight is 230 g/mol. The van der Waals surface area contributed by atoms with Crippen LogP contribution in [-0.2, 0) is 6.42 Å². The second-order valence-electron chi connectivity index (χ2n) is 4.76. The maximum absolute atomic E-state index is 13.8. The van der Waals surface area contributed by atoms with Gasteiger partial charge >= 0.3 is 0 Å². The van der Waals surface area contributed by atoms with Gasteiger partial charge in [-0.3, -0.25) is 0 Å². The molecule has 2 N–H and O–H groups in total. The van der Waals surface area contributed by atoms with E-state index in [1.807, 2.05) is 27.7 Å². The van der Waals surface area contributed by atoms with Crippen molar-refractivity contribution in [1.29, 1.82) is 0 Å². The summed E-state index contributed by atoms with van der Waals surface area (Å²) in [7, 11) is 0. The van der Waals surface area contributed by atoms with Crippen LogP contribution in [0.15, 0.2) is 6.07 Å². The van der Waals surface area contributed by atoms with Crippen molar-refractivity contribution in [2.45, 2.75) is 39.7 Å². The Labute approximate surface area is 95.4 Å². The predicted molar refractivity (Wildman–Crippen MR) is 62.9 cm³/mol. The number of aryl methyl sites for hydroxylation is 1. The molecule has 0 saturated heterocycles. The molecule has 15 heavy (non-hydrogen) atoms. The number of benzene rings is 1. The van der Waals surface area contributed by atoms with Gasteiger partial charge in [0.25, 0.3) is 0 Å². The molecule has 0 aliphatic rings. The van der Waals surface area contributed by atoms with E-state index in [-0.39, 0.29) is 10.8 Å². The molecule has 1 nitrogen and oxygen atoms in total. The van der Waals surface area contributed by atoms with E-state index >= 15 is 0 Å². The van der Waals surface area contributed by atoms with Crippen molar-refractivity contribution in [2.24, 2.45) is 5.73 Å². The van der Waals surface area contributed by atoms with E-state index in [0.717, 1.165) is 11.1 Å². The first-order valence-electron chi connectivity index (χ1n) is 4.95. The van der Waals surface area contributed by atoms with Crippen LogP contribution in [0.4, 0.5) is 4.39 Å². The van der Waals surface area contributed by atoms with Gasteiger partial charge in [0.2, 0.25) is 0 Å². The van der Waals surface area contributed by atoms with Crippen molar-refractivity contribution in [1.82, 2.24) is 0 Å². The molecule has 0 fully saturated rings. The minimum atomic E-state index is -0.428. The Kier molecular flexibility index (Phi) is 3.41. The van der Waals surface area contributed by atoms with Gasteiger partial charge in [-0.25, -0.2) is 4.39 Å². The van der Waals surface area contributed by atoms with E-state index in [4.69, 9.17) is 17.3 Å². The van der Waals surface area contributed by atoms with Crippen LogP contribution in [-0.4, -0.2) is 5.54 Å². The Hall–Kier alpha value is -0.600. The monoisotopic (exact) mass is 229 g/mol. The van der Waals surface area contributed by atoms with Crippen LogP contribution in [0.25, 0.3) is 0 Å². The third-order valence-corrected chi connectivity index (χ3v) is 2.77. The Bertz CT molecular complexity index is 354. The molecule has 84 valence electrons. The third-order valence-electron chi connectivity index (χ3n) is 2.49. The zero-order valence-corrected chi connectivity index (χ0v) is 10.4. The molecule has 0 aliphatic heterocycles. The van der Waals surface area contributed by atoms with Gasteiger partial charge in [-0.15, -0.1) is 0 Å². The van der Waals surface area contributed by atoms with E-state index in [9.17, 15) is 4.39 Å². The molecule has 0 aromatic heterocycles. The molecule has 0 unspecified atom stereocenters. The molecule has 3 heteroatoms. The first-order valence-corrected chi connectivity index (χ1v) is 5.33. The van der Waals surface area contributed by atoms with Gasteiger partial charge in [0.15, 0.2) is 0 Å². The average Bonchev–Trinajstić information content (AvgIpc) is 2.08. The summed E-state index contributed by atoms with van der Waals surface area (Å²) < 4.78 is 13.8. The highest BCUT2D eigenvalue weighted by Crippen LogP contribution is 2.27. The Balaban J connectivity index is 3.27. The molecule has 1 aromatic carbocycles. The van der Waals surface area contributed by atoms with Gasteiger partial charge in [0, 0.05) is 5.54 Å². The molecule has 0 atom stereocenters. The van der Waals surface area contributed by atoms with Crippen molar-refractivity contribution in [2.75, 3.05) is 0 Å². The largest absolute Gasteiger partial charge is 0.325 e. The van der Waals surface area contributed by atoms with Crippen LogP contribution in [0, 0.1) is 19.7 Å². The number of nitrogens with two attached hydrogens (primary N) is 1. The van der Waals surface area contributed by atoms with Crippen LogP contribution >= 0.6 is 11.6 Å². The van der Waals surface area contributed by atoms with Crippen LogP contribution in [0.2, 0.25) is 5.02 Å². The van der Waals surface area contributed by atoms with E-state index in [0.29, 0.717) is 12.0 Å². The number of rotatable bonds is 2. The third kappa shape index (κ3) is 2.93. The first kappa shape index (κ1) is 12.5. The minimum absolute atomic E-state index is 0.178. The Morgan fingerprint density at radius 1 is 1.40 bits per heavy atom. The highest BCUT2D eigenvalue weighted by atomic mass is 35.5. The Morgan fingerprint density at radius 3 is 2.40 bits per heavy atom. The molecule has 0 saturated carbocycles. The van der Waals surface area contributed by atoms with Crippen LogP contribution in [0.5, 0.6) is 0 Å². The molecule has 1 rings (SSSR count). The van der Waals surface area contributed by atoms with Crippen LogP contribution < -0.4 is 5.73 Å². The van der Waals surface area contributed by atoms with Gasteiger partial charge in [-0.2, -0.15) is 0 Å². The zero-order valence-electron chi connectivity index (χ0n) is 9.62. The predicted octanol–water partition coefficient (Wildman–Crippen LogP) is 3.38. The molecule has 0 amide bonds. The Morgan fingerprint density at radius 2 is 1.93 bits per heavy atom. The van der Waals surface area contributed by atoms with Crippen molar-refractivity contribution in [3.8, 4) is 0 Å². The van der Waals surface area contributed by atoms with Gasteiger partial charge < -0.3 is 5.73 Å². The highest BCUT2D eigenvalue weighted by Gasteiger charge is 2.19. The van der Waals surface area contributed by atoms with Crippen molar-refractivity contribution >= 4 is 11.6 Å². The van der Waals surface area contributed by atoms with E-state index < -0.39 is 5.54 Å². The lowest BCUT2D eigenvalue weighted by molar-refractivity contribution is 0.495. The van der Waals surface area contributed by atoms with Crippen molar-refractivity contribution in [3.05, 3.63) is 33.6 Å². The van der Waals surface area contributed by atoms with Crippen LogP contribution in [0.1, 0.15) is 30.5 Å². The van der Waals surface area contributed by atoms with Crippen LogP contribution in [0.3, 0.4) is 0 Å². The summed E-state index contributed by atoms with van der Waals surface area (Å²) in [6.45, 7) is 7.58. The maximum Gasteiger partial charge on any atom is 0.145 e. The lowest BCUT2D eigenvalue weighted by Crippen LogP contribution is -2.35. The fourth-order valence-corrected chi connectivity index (χ4v) is 1.85. The summed E-state index contributed by atoms with van der Waals surface area (Å²) in [5.41, 5.74) is 8.04. The van der Waals surface area contributed by atoms with Gasteiger partial charge in [0.1, 0.15) is 5.82 Å². The summed E-state index contributed by atoms with van der Waals surface area (Å²) in [5, 5.41) is 0.178. The zero-order chi connectivity index (χ0) is 11.8. The molecular formula is C12H17ClFN. The molecule has 0 heterocycles. The topological polar surface area (TPSA) is 26.0 Å². The lowest BCUT2D eigenvalue weighted by atomic mass is 9.91. The smallest absolute Gasteiger partial charge is 0.145 e. The maximum atomic E-state index is 13.8. The summed E-state index contributed by atoms with van der Waals surface area (Å²) in [6.07, 6.45) is 0.492. The van der Waals surface area contributed by atoms with Gasteiger partial charge in [-0.05, 0) is 56.9 Å². The normalized spacial score (nSPS) is 11.9. The SMILES string of the molecule is Cc1cc(Cl)c(F)c(CC(C)(C)N)c1C. The fourth-order valence-electron chi connectivity index (χ4n) is 1.57. The summed E-state index contributed by atoms with van der Waals surface area (Å²) in [5.74, 6) is -0.335. The number of halogens is 2. The lowest BCUT2D eigenvalue weighted by Gasteiger charge is -2.21. The standard InChI is InChI=1S/C12H17ClFN/c1-7-5-10(13)11(14)9(8(7)2)6-12(3,4)15/h5H,6,15H2,1-4H3. The molecule has 1 aromatic rings. The molecular weight excluding hydrogens is 213 g/mol. The molecule has 0 spiro atoms. The summed E-state index contributed by atoms with van der Waals surface area (Å²) in [6, 6.07) is 1.65. The van der Waals surface area contributed by atoms with Gasteiger partial charge in [-0.1, -0.05) is 11.6 Å². The quantitative estimate of drug-likeness (QED) is 0.827. The minimum Gasteiger partial charge on any atom is -0.325 e. The van der Waals surface area contributed by atoms with Gasteiger partial charge in [0.05, 0.1) is 5.02 Å². The second kappa shape index (κ2) is 4.11. The van der Waals surface area contributed by atoms with E-state index in [1.165, 1.54) is 0 Å². The first-order chi connectivity index (χ1) is 6.72.